The van der Waals surface area contributed by atoms with E-state index in [1.165, 1.54) is 0 Å². The van der Waals surface area contributed by atoms with Crippen LogP contribution >= 0.6 is 0 Å². The van der Waals surface area contributed by atoms with Crippen LogP contribution in [0.1, 0.15) is 36.8 Å². The summed E-state index contributed by atoms with van der Waals surface area (Å²) in [6.07, 6.45) is -0.305. The average molecular weight is 553 g/mol. The molecule has 4 atom stereocenters. The molecular formula is C28H32N4O8. The minimum absolute atomic E-state index is 0.00830. The predicted octanol–water partition coefficient (Wildman–Crippen LogP) is 0.154. The van der Waals surface area contributed by atoms with Crippen LogP contribution in [-0.4, -0.2) is 69.9 Å². The normalized spacial score (nSPS) is 16.6. The van der Waals surface area contributed by atoms with E-state index in [0.29, 0.717) is 11.1 Å². The molecule has 0 unspecified atom stereocenters. The maximum atomic E-state index is 13.3. The fraction of sp³-hybridized carbons (Fsp3) is 0.357. The van der Waals surface area contributed by atoms with Crippen LogP contribution in [0.25, 0.3) is 0 Å². The maximum Gasteiger partial charge on any atom is 0.326 e. The van der Waals surface area contributed by atoms with Gasteiger partial charge in [-0.15, -0.1) is 0 Å². The predicted molar refractivity (Wildman–Crippen MR) is 142 cm³/mol. The van der Waals surface area contributed by atoms with Crippen molar-refractivity contribution in [3.8, 4) is 0 Å². The van der Waals surface area contributed by atoms with Crippen LogP contribution in [0, 0.1) is 0 Å². The second kappa shape index (κ2) is 14.4. The molecule has 1 aliphatic heterocycles. The Morgan fingerprint density at radius 1 is 0.775 bits per heavy atom. The van der Waals surface area contributed by atoms with Gasteiger partial charge < -0.3 is 31.5 Å². The van der Waals surface area contributed by atoms with Gasteiger partial charge in [0, 0.05) is 25.7 Å². The van der Waals surface area contributed by atoms with Crippen LogP contribution in [0.4, 0.5) is 0 Å². The molecule has 0 saturated carbocycles. The summed E-state index contributed by atoms with van der Waals surface area (Å²) in [4.78, 5) is 73.9. The van der Waals surface area contributed by atoms with E-state index in [1.54, 1.807) is 60.7 Å². The highest BCUT2D eigenvalue weighted by Crippen LogP contribution is 2.10. The lowest BCUT2D eigenvalue weighted by Gasteiger charge is -2.25. The molecule has 6 N–H and O–H groups in total. The molecule has 212 valence electrons. The molecule has 1 fully saturated rings. The zero-order chi connectivity index (χ0) is 29.1. The third kappa shape index (κ3) is 9.22. The van der Waals surface area contributed by atoms with Gasteiger partial charge in [0.25, 0.3) is 0 Å². The van der Waals surface area contributed by atoms with Crippen molar-refractivity contribution in [3.05, 3.63) is 71.8 Å². The van der Waals surface area contributed by atoms with Gasteiger partial charge in [-0.05, 0) is 24.0 Å². The lowest BCUT2D eigenvalue weighted by atomic mass is 10.0. The Bertz CT molecular complexity index is 1220. The second-order valence-corrected chi connectivity index (χ2v) is 9.49. The Balaban J connectivity index is 1.77. The number of amides is 4. The van der Waals surface area contributed by atoms with Crippen molar-refractivity contribution >= 4 is 35.6 Å². The summed E-state index contributed by atoms with van der Waals surface area (Å²) in [7, 11) is 0. The van der Waals surface area contributed by atoms with Crippen molar-refractivity contribution in [2.75, 3.05) is 0 Å². The minimum Gasteiger partial charge on any atom is -0.481 e. The summed E-state index contributed by atoms with van der Waals surface area (Å²) in [5.41, 5.74) is 1.37. The molecule has 0 radical (unpaired) electrons. The number of carbonyl (C=O) groups is 6. The number of benzene rings is 2. The topological polar surface area (TPSA) is 191 Å². The van der Waals surface area contributed by atoms with Crippen molar-refractivity contribution in [2.24, 2.45) is 0 Å². The summed E-state index contributed by atoms with van der Waals surface area (Å²) in [6.45, 7) is 0. The van der Waals surface area contributed by atoms with E-state index in [1.807, 2.05) is 0 Å². The van der Waals surface area contributed by atoms with Gasteiger partial charge in [0.1, 0.15) is 24.2 Å². The number of aliphatic carboxylic acids is 2. The van der Waals surface area contributed by atoms with Crippen LogP contribution < -0.4 is 21.3 Å². The van der Waals surface area contributed by atoms with Gasteiger partial charge >= 0.3 is 11.9 Å². The first-order valence-electron chi connectivity index (χ1n) is 12.8. The third-order valence-electron chi connectivity index (χ3n) is 6.40. The molecule has 0 bridgehead atoms. The van der Waals surface area contributed by atoms with Crippen LogP contribution in [0.5, 0.6) is 0 Å². The van der Waals surface area contributed by atoms with E-state index in [0.717, 1.165) is 0 Å². The first kappa shape index (κ1) is 29.8. The van der Waals surface area contributed by atoms with E-state index in [4.69, 9.17) is 5.11 Å². The zero-order valence-corrected chi connectivity index (χ0v) is 21.7. The monoisotopic (exact) mass is 552 g/mol. The van der Waals surface area contributed by atoms with Crippen LogP contribution in [0.15, 0.2) is 60.7 Å². The molecule has 3 rings (SSSR count). The molecule has 1 heterocycles. The largest absolute Gasteiger partial charge is 0.481 e. The smallest absolute Gasteiger partial charge is 0.326 e. The highest BCUT2D eigenvalue weighted by Gasteiger charge is 2.33. The highest BCUT2D eigenvalue weighted by atomic mass is 16.4. The number of hydrogen-bond acceptors (Lipinski definition) is 6. The lowest BCUT2D eigenvalue weighted by Crippen LogP contribution is -2.58. The molecule has 2 aromatic carbocycles. The SMILES string of the molecule is O=C(O)CC[C@H](NC(=O)[C@@H]1CCC(=O)N1)C(=O)N[C@@H](Cc1ccccc1)C(=O)N[C@@H](Cc1ccccc1)C(=O)O. The quantitative estimate of drug-likeness (QED) is 0.191. The Labute approximate surface area is 230 Å². The average Bonchev–Trinajstić information content (AvgIpc) is 3.37. The summed E-state index contributed by atoms with van der Waals surface area (Å²) in [5.74, 6) is -4.97. The maximum absolute atomic E-state index is 13.3. The van der Waals surface area contributed by atoms with Gasteiger partial charge in [-0.1, -0.05) is 60.7 Å². The van der Waals surface area contributed by atoms with Crippen molar-refractivity contribution in [1.29, 1.82) is 0 Å². The fourth-order valence-corrected chi connectivity index (χ4v) is 4.27. The van der Waals surface area contributed by atoms with Crippen LogP contribution in [0.2, 0.25) is 0 Å². The van der Waals surface area contributed by atoms with E-state index in [-0.39, 0.29) is 38.0 Å². The van der Waals surface area contributed by atoms with Crippen molar-refractivity contribution < 1.29 is 39.0 Å². The molecule has 0 aromatic heterocycles. The van der Waals surface area contributed by atoms with Crippen molar-refractivity contribution in [1.82, 2.24) is 21.3 Å². The molecule has 2 aromatic rings. The van der Waals surface area contributed by atoms with E-state index in [2.05, 4.69) is 21.3 Å². The van der Waals surface area contributed by atoms with Gasteiger partial charge in [-0.2, -0.15) is 0 Å². The number of rotatable bonds is 14. The second-order valence-electron chi connectivity index (χ2n) is 9.49. The standard InChI is InChI=1S/C28H32N4O8/c33-23-13-11-19(29-23)25(36)30-20(12-14-24(34)35)26(37)31-21(15-17-7-3-1-4-8-17)27(38)32-22(28(39)40)16-18-9-5-2-6-10-18/h1-10,19-22H,11-16H2,(H,29,33)(H,30,36)(H,31,37)(H,32,38)(H,34,35)(H,39,40)/t19-,20-,21-,22-/m0/s1. The number of nitrogens with one attached hydrogen (secondary N) is 4. The Morgan fingerprint density at radius 3 is 1.80 bits per heavy atom. The van der Waals surface area contributed by atoms with Gasteiger partial charge in [-0.3, -0.25) is 24.0 Å². The van der Waals surface area contributed by atoms with Crippen LogP contribution in [-0.2, 0) is 41.6 Å². The minimum atomic E-state index is -1.31. The number of carboxylic acids is 2. The molecule has 40 heavy (non-hydrogen) atoms. The van der Waals surface area contributed by atoms with Gasteiger partial charge in [0.2, 0.25) is 23.6 Å². The first-order valence-corrected chi connectivity index (χ1v) is 12.8. The highest BCUT2D eigenvalue weighted by molar-refractivity contribution is 5.96. The van der Waals surface area contributed by atoms with Gasteiger partial charge in [-0.25, -0.2) is 4.79 Å². The molecule has 12 nitrogen and oxygen atoms in total. The molecule has 4 amide bonds. The molecule has 12 heteroatoms. The van der Waals surface area contributed by atoms with E-state index >= 15 is 0 Å². The Kier molecular flexibility index (Phi) is 10.7. The number of carboxylic acid groups (broad SMARTS) is 2. The van der Waals surface area contributed by atoms with E-state index < -0.39 is 60.2 Å². The zero-order valence-electron chi connectivity index (χ0n) is 21.7. The summed E-state index contributed by atoms with van der Waals surface area (Å²) >= 11 is 0. The Hall–Kier alpha value is -4.74. The lowest BCUT2D eigenvalue weighted by molar-refractivity contribution is -0.142. The fourth-order valence-electron chi connectivity index (χ4n) is 4.27. The van der Waals surface area contributed by atoms with Crippen LogP contribution in [0.3, 0.4) is 0 Å². The van der Waals surface area contributed by atoms with Gasteiger partial charge in [0.15, 0.2) is 0 Å². The molecule has 1 aliphatic rings. The van der Waals surface area contributed by atoms with Gasteiger partial charge in [0.05, 0.1) is 0 Å². The third-order valence-corrected chi connectivity index (χ3v) is 6.40. The molecule has 1 saturated heterocycles. The summed E-state index contributed by atoms with van der Waals surface area (Å²) < 4.78 is 0. The Morgan fingerprint density at radius 2 is 1.30 bits per heavy atom. The molecular weight excluding hydrogens is 520 g/mol. The first-order chi connectivity index (χ1) is 19.1. The molecule has 0 aliphatic carbocycles. The summed E-state index contributed by atoms with van der Waals surface area (Å²) in [5, 5.41) is 28.9. The van der Waals surface area contributed by atoms with Crippen molar-refractivity contribution in [3.63, 3.8) is 0 Å². The van der Waals surface area contributed by atoms with E-state index in [9.17, 15) is 33.9 Å². The number of carbonyl (C=O) groups excluding carboxylic acids is 4. The number of hydrogen-bond donors (Lipinski definition) is 6. The summed E-state index contributed by atoms with van der Waals surface area (Å²) in [6, 6.07) is 12.8. The molecule has 0 spiro atoms. The van der Waals surface area contributed by atoms with Crippen molar-refractivity contribution in [2.45, 2.75) is 62.7 Å².